The third kappa shape index (κ3) is 2.06. The molecule has 3 aromatic rings. The molecule has 0 spiro atoms. The Kier molecular flexibility index (Phi) is 2.82. The van der Waals surface area contributed by atoms with E-state index in [-0.39, 0.29) is 0 Å². The molecular formula is C13H9BrN2S. The van der Waals surface area contributed by atoms with Crippen LogP contribution in [-0.4, -0.2) is 9.55 Å². The molecule has 0 bridgehead atoms. The Labute approximate surface area is 112 Å². The lowest BCUT2D eigenvalue weighted by atomic mass is 10.2. The van der Waals surface area contributed by atoms with Gasteiger partial charge in [-0.1, -0.05) is 30.3 Å². The Balaban J connectivity index is 2.08. The Morgan fingerprint density at radius 3 is 2.71 bits per heavy atom. The lowest BCUT2D eigenvalue weighted by Gasteiger charge is -1.97. The molecule has 0 amide bonds. The second-order valence-electron chi connectivity index (χ2n) is 3.60. The van der Waals surface area contributed by atoms with Gasteiger partial charge in [0, 0.05) is 17.3 Å². The van der Waals surface area contributed by atoms with Crippen LogP contribution in [0.5, 0.6) is 0 Å². The van der Waals surface area contributed by atoms with Crippen LogP contribution in [0.4, 0.5) is 0 Å². The summed E-state index contributed by atoms with van der Waals surface area (Å²) in [5, 5.41) is 1.15. The van der Waals surface area contributed by atoms with E-state index in [9.17, 15) is 0 Å². The van der Waals surface area contributed by atoms with Crippen LogP contribution in [0, 0.1) is 0 Å². The van der Waals surface area contributed by atoms with Crippen molar-refractivity contribution in [2.75, 3.05) is 0 Å². The lowest BCUT2D eigenvalue weighted by molar-refractivity contribution is 1.08. The van der Waals surface area contributed by atoms with Gasteiger partial charge in [-0.2, -0.15) is 0 Å². The molecule has 0 unspecified atom stereocenters. The number of hydrogen-bond acceptors (Lipinski definition) is 2. The van der Waals surface area contributed by atoms with E-state index in [0.29, 0.717) is 0 Å². The highest BCUT2D eigenvalue weighted by Gasteiger charge is 2.09. The van der Waals surface area contributed by atoms with Crippen LogP contribution in [0.1, 0.15) is 0 Å². The van der Waals surface area contributed by atoms with Crippen molar-refractivity contribution < 1.29 is 0 Å². The second-order valence-corrected chi connectivity index (χ2v) is 5.48. The zero-order chi connectivity index (χ0) is 11.7. The Bertz CT molecular complexity index is 614. The highest BCUT2D eigenvalue weighted by molar-refractivity contribution is 9.10. The van der Waals surface area contributed by atoms with Crippen molar-refractivity contribution in [1.29, 1.82) is 0 Å². The van der Waals surface area contributed by atoms with E-state index in [4.69, 9.17) is 0 Å². The summed E-state index contributed by atoms with van der Waals surface area (Å²) in [4.78, 5) is 5.32. The van der Waals surface area contributed by atoms with Crippen molar-refractivity contribution >= 4 is 27.3 Å². The van der Waals surface area contributed by atoms with Crippen molar-refractivity contribution in [2.45, 2.75) is 0 Å². The molecule has 0 aliphatic heterocycles. The highest BCUT2D eigenvalue weighted by Crippen LogP contribution is 2.36. The summed E-state index contributed by atoms with van der Waals surface area (Å²) in [5.41, 5.74) is 1.24. The van der Waals surface area contributed by atoms with Crippen molar-refractivity contribution in [3.8, 4) is 15.4 Å². The predicted molar refractivity (Wildman–Crippen MR) is 74.6 cm³/mol. The van der Waals surface area contributed by atoms with E-state index in [2.05, 4.69) is 51.2 Å². The number of aromatic nitrogens is 2. The first-order valence-electron chi connectivity index (χ1n) is 5.18. The molecule has 84 valence electrons. The van der Waals surface area contributed by atoms with E-state index in [1.165, 1.54) is 10.4 Å². The zero-order valence-corrected chi connectivity index (χ0v) is 11.3. The molecule has 1 aromatic carbocycles. The molecule has 0 fully saturated rings. The molecule has 0 saturated carbocycles. The first-order valence-corrected chi connectivity index (χ1v) is 6.78. The average molecular weight is 305 g/mol. The van der Waals surface area contributed by atoms with Gasteiger partial charge in [-0.3, -0.25) is 4.57 Å². The summed E-state index contributed by atoms with van der Waals surface area (Å²) in [6.45, 7) is 0. The van der Waals surface area contributed by atoms with E-state index >= 15 is 0 Å². The molecule has 17 heavy (non-hydrogen) atoms. The van der Waals surface area contributed by atoms with Crippen LogP contribution in [0.2, 0.25) is 0 Å². The number of imidazole rings is 1. The van der Waals surface area contributed by atoms with Gasteiger partial charge in [-0.15, -0.1) is 11.3 Å². The van der Waals surface area contributed by atoms with E-state index in [1.807, 2.05) is 23.2 Å². The molecule has 2 aromatic heterocycles. The van der Waals surface area contributed by atoms with E-state index in [1.54, 1.807) is 17.5 Å². The minimum Gasteiger partial charge on any atom is -0.297 e. The van der Waals surface area contributed by atoms with Crippen LogP contribution in [0.15, 0.2) is 59.6 Å². The van der Waals surface area contributed by atoms with Crippen molar-refractivity contribution in [3.63, 3.8) is 0 Å². The fraction of sp³-hybridized carbons (Fsp3) is 0. The van der Waals surface area contributed by atoms with Crippen LogP contribution in [-0.2, 0) is 0 Å². The first-order chi connectivity index (χ1) is 8.34. The fourth-order valence-electron chi connectivity index (χ4n) is 1.66. The standard InChI is InChI=1S/C13H9BrN2S/c14-11-8-12(10-4-2-1-3-5-10)17-13(11)16-7-6-15-9-16/h1-9H. The van der Waals surface area contributed by atoms with Gasteiger partial charge in [0.15, 0.2) is 0 Å². The predicted octanol–water partition coefficient (Wildman–Crippen LogP) is 4.36. The van der Waals surface area contributed by atoms with Gasteiger partial charge in [-0.25, -0.2) is 4.98 Å². The SMILES string of the molecule is Brc1cc(-c2ccccc2)sc1-n1ccnc1. The maximum absolute atomic E-state index is 4.07. The smallest absolute Gasteiger partial charge is 0.115 e. The number of nitrogens with zero attached hydrogens (tertiary/aromatic N) is 2. The Morgan fingerprint density at radius 1 is 1.18 bits per heavy atom. The van der Waals surface area contributed by atoms with Crippen LogP contribution < -0.4 is 0 Å². The monoisotopic (exact) mass is 304 g/mol. The summed E-state index contributed by atoms with van der Waals surface area (Å²) >= 11 is 5.34. The maximum atomic E-state index is 4.07. The molecule has 2 heterocycles. The number of halogens is 1. The van der Waals surface area contributed by atoms with Crippen LogP contribution in [0.3, 0.4) is 0 Å². The summed E-state index contributed by atoms with van der Waals surface area (Å²) in [6.07, 6.45) is 5.55. The van der Waals surface area contributed by atoms with E-state index in [0.717, 1.165) is 9.47 Å². The summed E-state index contributed by atoms with van der Waals surface area (Å²) in [7, 11) is 0. The largest absolute Gasteiger partial charge is 0.297 e. The summed E-state index contributed by atoms with van der Waals surface area (Å²) in [5.74, 6) is 0. The second kappa shape index (κ2) is 4.47. The average Bonchev–Trinajstić information content (AvgIpc) is 2.99. The number of benzene rings is 1. The lowest BCUT2D eigenvalue weighted by Crippen LogP contribution is -1.84. The molecular weight excluding hydrogens is 296 g/mol. The maximum Gasteiger partial charge on any atom is 0.115 e. The fourth-order valence-corrected chi connectivity index (χ4v) is 3.50. The van der Waals surface area contributed by atoms with E-state index < -0.39 is 0 Å². The third-order valence-electron chi connectivity index (χ3n) is 2.47. The molecule has 2 nitrogen and oxygen atoms in total. The van der Waals surface area contributed by atoms with Crippen LogP contribution in [0.25, 0.3) is 15.4 Å². The molecule has 0 aliphatic rings. The zero-order valence-electron chi connectivity index (χ0n) is 8.88. The molecule has 0 aliphatic carbocycles. The summed E-state index contributed by atoms with van der Waals surface area (Å²) < 4.78 is 3.11. The minimum atomic E-state index is 1.10. The van der Waals surface area contributed by atoms with Crippen LogP contribution >= 0.6 is 27.3 Å². The van der Waals surface area contributed by atoms with Gasteiger partial charge in [0.1, 0.15) is 5.00 Å². The van der Waals surface area contributed by atoms with Gasteiger partial charge >= 0.3 is 0 Å². The normalized spacial score (nSPS) is 10.6. The molecule has 0 radical (unpaired) electrons. The minimum absolute atomic E-state index is 1.10. The van der Waals surface area contributed by atoms with Gasteiger partial charge < -0.3 is 0 Å². The van der Waals surface area contributed by atoms with Gasteiger partial charge in [-0.05, 0) is 27.6 Å². The Morgan fingerprint density at radius 2 is 2.00 bits per heavy atom. The molecule has 0 saturated heterocycles. The quantitative estimate of drug-likeness (QED) is 0.687. The summed E-state index contributed by atoms with van der Waals surface area (Å²) in [6, 6.07) is 12.5. The number of thiophene rings is 1. The first kappa shape index (κ1) is 10.7. The topological polar surface area (TPSA) is 17.8 Å². The van der Waals surface area contributed by atoms with Crippen molar-refractivity contribution in [1.82, 2.24) is 9.55 Å². The third-order valence-corrected chi connectivity index (χ3v) is 4.53. The molecule has 3 rings (SSSR count). The van der Waals surface area contributed by atoms with Crippen molar-refractivity contribution in [3.05, 3.63) is 59.6 Å². The number of rotatable bonds is 2. The molecule has 0 atom stereocenters. The Hall–Kier alpha value is -1.39. The van der Waals surface area contributed by atoms with Gasteiger partial charge in [0.05, 0.1) is 10.8 Å². The van der Waals surface area contributed by atoms with Gasteiger partial charge in [0.25, 0.3) is 0 Å². The van der Waals surface area contributed by atoms with Gasteiger partial charge in [0.2, 0.25) is 0 Å². The number of hydrogen-bond donors (Lipinski definition) is 0. The highest BCUT2D eigenvalue weighted by atomic mass is 79.9. The van der Waals surface area contributed by atoms with Crippen molar-refractivity contribution in [2.24, 2.45) is 0 Å². The molecule has 0 N–H and O–H groups in total. The molecule has 4 heteroatoms.